The molecule has 1 heterocycles. The summed E-state index contributed by atoms with van der Waals surface area (Å²) in [7, 11) is 0. The molecule has 1 rings (SSSR count). The Morgan fingerprint density at radius 3 is 3.09 bits per heavy atom. The van der Waals surface area contributed by atoms with Crippen LogP contribution in [0.5, 0.6) is 0 Å². The summed E-state index contributed by atoms with van der Waals surface area (Å²) in [4.78, 5) is 14.6. The van der Waals surface area contributed by atoms with E-state index in [9.17, 15) is 4.79 Å². The zero-order chi connectivity index (χ0) is 8.10. The van der Waals surface area contributed by atoms with E-state index in [4.69, 9.17) is 0 Å². The first-order valence-corrected chi connectivity index (χ1v) is 3.44. The molecule has 0 atom stereocenters. The molecule has 58 valence electrons. The van der Waals surface area contributed by atoms with Crippen molar-refractivity contribution in [2.75, 3.05) is 0 Å². The maximum absolute atomic E-state index is 10.8. The topological polar surface area (TPSA) is 34.9 Å². The Morgan fingerprint density at radius 2 is 2.55 bits per heavy atom. The van der Waals surface area contributed by atoms with Crippen LogP contribution in [0.2, 0.25) is 0 Å². The van der Waals surface area contributed by atoms with Gasteiger partial charge in [-0.25, -0.2) is 4.98 Å². The second-order valence-corrected chi connectivity index (χ2v) is 2.22. The van der Waals surface area contributed by atoms with Crippen molar-refractivity contribution in [2.24, 2.45) is 0 Å². The van der Waals surface area contributed by atoms with Crippen molar-refractivity contribution in [1.29, 1.82) is 0 Å². The highest BCUT2D eigenvalue weighted by Gasteiger charge is 1.95. The van der Waals surface area contributed by atoms with Gasteiger partial charge in [0.25, 0.3) is 0 Å². The summed E-state index contributed by atoms with van der Waals surface area (Å²) in [6.07, 6.45) is 7.06. The molecule has 11 heavy (non-hydrogen) atoms. The monoisotopic (exact) mass is 150 g/mol. The van der Waals surface area contributed by atoms with Gasteiger partial charge in [-0.05, 0) is 6.08 Å². The number of aromatic nitrogens is 2. The van der Waals surface area contributed by atoms with Gasteiger partial charge in [0.2, 0.25) is 0 Å². The van der Waals surface area contributed by atoms with Crippen molar-refractivity contribution in [3.05, 3.63) is 31.4 Å². The Morgan fingerprint density at radius 1 is 1.73 bits per heavy atom. The molecule has 0 spiro atoms. The summed E-state index contributed by atoms with van der Waals surface area (Å²) in [5, 5.41) is 0. The third-order valence-electron chi connectivity index (χ3n) is 1.40. The van der Waals surface area contributed by atoms with E-state index in [0.717, 1.165) is 0 Å². The average Bonchev–Trinajstić information content (AvgIpc) is 2.52. The SMILES string of the molecule is C=CC(=O)CCn1ccnc1. The van der Waals surface area contributed by atoms with Crippen molar-refractivity contribution in [3.63, 3.8) is 0 Å². The predicted molar refractivity (Wildman–Crippen MR) is 42.0 cm³/mol. The number of hydrogen-bond acceptors (Lipinski definition) is 2. The van der Waals surface area contributed by atoms with Gasteiger partial charge in [0.05, 0.1) is 6.33 Å². The maximum Gasteiger partial charge on any atom is 0.156 e. The van der Waals surface area contributed by atoms with Crippen LogP contribution in [0.1, 0.15) is 6.42 Å². The average molecular weight is 150 g/mol. The Bertz CT molecular complexity index is 239. The van der Waals surface area contributed by atoms with E-state index in [1.165, 1.54) is 6.08 Å². The number of carbonyl (C=O) groups is 1. The molecule has 0 unspecified atom stereocenters. The molecular formula is C8H10N2O. The van der Waals surface area contributed by atoms with E-state index in [2.05, 4.69) is 11.6 Å². The lowest BCUT2D eigenvalue weighted by atomic mass is 10.3. The van der Waals surface area contributed by atoms with Gasteiger partial charge in [-0.2, -0.15) is 0 Å². The zero-order valence-corrected chi connectivity index (χ0v) is 6.23. The van der Waals surface area contributed by atoms with Crippen LogP contribution in [-0.4, -0.2) is 15.3 Å². The number of carbonyl (C=O) groups excluding carboxylic acids is 1. The molecule has 0 amide bonds. The van der Waals surface area contributed by atoms with Crippen molar-refractivity contribution in [2.45, 2.75) is 13.0 Å². The molecule has 0 aliphatic rings. The Kier molecular flexibility index (Phi) is 2.60. The fourth-order valence-electron chi connectivity index (χ4n) is 0.760. The summed E-state index contributed by atoms with van der Waals surface area (Å²) >= 11 is 0. The van der Waals surface area contributed by atoms with Gasteiger partial charge in [-0.3, -0.25) is 4.79 Å². The molecule has 1 aromatic rings. The van der Waals surface area contributed by atoms with E-state index in [0.29, 0.717) is 13.0 Å². The third-order valence-corrected chi connectivity index (χ3v) is 1.40. The predicted octanol–water partition coefficient (Wildman–Crippen LogP) is 1.03. The molecule has 0 saturated heterocycles. The quantitative estimate of drug-likeness (QED) is 0.601. The molecule has 0 N–H and O–H groups in total. The van der Waals surface area contributed by atoms with Gasteiger partial charge in [0.15, 0.2) is 5.78 Å². The van der Waals surface area contributed by atoms with Crippen molar-refractivity contribution < 1.29 is 4.79 Å². The fraction of sp³-hybridized carbons (Fsp3) is 0.250. The summed E-state index contributed by atoms with van der Waals surface area (Å²) in [6.45, 7) is 4.07. The van der Waals surface area contributed by atoms with Crippen molar-refractivity contribution in [1.82, 2.24) is 9.55 Å². The zero-order valence-electron chi connectivity index (χ0n) is 6.23. The second kappa shape index (κ2) is 3.71. The van der Waals surface area contributed by atoms with Gasteiger partial charge in [-0.15, -0.1) is 0 Å². The smallest absolute Gasteiger partial charge is 0.156 e. The first kappa shape index (κ1) is 7.72. The van der Waals surface area contributed by atoms with Crippen LogP contribution in [-0.2, 0) is 11.3 Å². The molecule has 3 heteroatoms. The maximum atomic E-state index is 10.8. The van der Waals surface area contributed by atoms with E-state index in [1.807, 2.05) is 10.8 Å². The van der Waals surface area contributed by atoms with Gasteiger partial charge in [-0.1, -0.05) is 6.58 Å². The molecule has 0 aliphatic heterocycles. The Labute approximate surface area is 65.4 Å². The second-order valence-electron chi connectivity index (χ2n) is 2.22. The highest BCUT2D eigenvalue weighted by Crippen LogP contribution is 1.91. The highest BCUT2D eigenvalue weighted by atomic mass is 16.1. The van der Waals surface area contributed by atoms with Crippen LogP contribution in [0.25, 0.3) is 0 Å². The molecule has 0 fully saturated rings. The van der Waals surface area contributed by atoms with E-state index in [1.54, 1.807) is 12.5 Å². The van der Waals surface area contributed by atoms with Gasteiger partial charge in [0.1, 0.15) is 0 Å². The number of allylic oxidation sites excluding steroid dienone is 1. The standard InChI is InChI=1S/C8H10N2O/c1-2-8(11)3-5-10-6-4-9-7-10/h2,4,6-7H,1,3,5H2. The van der Waals surface area contributed by atoms with E-state index in [-0.39, 0.29) is 5.78 Å². The molecule has 0 bridgehead atoms. The lowest BCUT2D eigenvalue weighted by Gasteiger charge is -1.96. The van der Waals surface area contributed by atoms with Crippen LogP contribution in [0, 0.1) is 0 Å². The highest BCUT2D eigenvalue weighted by molar-refractivity contribution is 5.88. The number of rotatable bonds is 4. The first-order chi connectivity index (χ1) is 5.33. The molecule has 0 aromatic carbocycles. The van der Waals surface area contributed by atoms with Crippen LogP contribution in [0.3, 0.4) is 0 Å². The summed E-state index contributed by atoms with van der Waals surface area (Å²) in [5.74, 6) is 0.0682. The lowest BCUT2D eigenvalue weighted by molar-refractivity contribution is -0.114. The van der Waals surface area contributed by atoms with Gasteiger partial charge in [0, 0.05) is 25.4 Å². The number of aryl methyl sites for hydroxylation is 1. The normalized spacial score (nSPS) is 9.45. The van der Waals surface area contributed by atoms with Crippen LogP contribution in [0.4, 0.5) is 0 Å². The summed E-state index contributed by atoms with van der Waals surface area (Å²) < 4.78 is 1.86. The minimum Gasteiger partial charge on any atom is -0.337 e. The number of hydrogen-bond donors (Lipinski definition) is 0. The number of ketones is 1. The minimum atomic E-state index is 0.0682. The molecule has 0 aliphatic carbocycles. The molecule has 0 saturated carbocycles. The van der Waals surface area contributed by atoms with Gasteiger partial charge >= 0.3 is 0 Å². The summed E-state index contributed by atoms with van der Waals surface area (Å²) in [6, 6.07) is 0. The van der Waals surface area contributed by atoms with Crippen molar-refractivity contribution in [3.8, 4) is 0 Å². The largest absolute Gasteiger partial charge is 0.337 e. The molecule has 0 radical (unpaired) electrons. The first-order valence-electron chi connectivity index (χ1n) is 3.44. The molecule has 1 aromatic heterocycles. The Balaban J connectivity index is 2.34. The lowest BCUT2D eigenvalue weighted by Crippen LogP contribution is -2.00. The number of nitrogens with zero attached hydrogens (tertiary/aromatic N) is 2. The third kappa shape index (κ3) is 2.37. The van der Waals surface area contributed by atoms with Gasteiger partial charge < -0.3 is 4.57 Å². The van der Waals surface area contributed by atoms with Crippen LogP contribution < -0.4 is 0 Å². The molecular weight excluding hydrogens is 140 g/mol. The van der Waals surface area contributed by atoms with Crippen molar-refractivity contribution >= 4 is 5.78 Å². The minimum absolute atomic E-state index is 0.0682. The van der Waals surface area contributed by atoms with Crippen LogP contribution in [0.15, 0.2) is 31.4 Å². The van der Waals surface area contributed by atoms with Crippen LogP contribution >= 0.6 is 0 Å². The van der Waals surface area contributed by atoms with E-state index >= 15 is 0 Å². The number of imidazole rings is 1. The molecule has 3 nitrogen and oxygen atoms in total. The summed E-state index contributed by atoms with van der Waals surface area (Å²) in [5.41, 5.74) is 0. The Hall–Kier alpha value is -1.38. The fourth-order valence-corrected chi connectivity index (χ4v) is 0.760. The van der Waals surface area contributed by atoms with E-state index < -0.39 is 0 Å².